The van der Waals surface area contributed by atoms with E-state index in [-0.39, 0.29) is 6.04 Å². The topological polar surface area (TPSA) is 79.6 Å². The highest BCUT2D eigenvalue weighted by Gasteiger charge is 2.40. The van der Waals surface area contributed by atoms with Crippen LogP contribution in [0.5, 0.6) is 0 Å². The number of rotatable bonds is 4. The van der Waals surface area contributed by atoms with E-state index in [1.165, 1.54) is 6.07 Å². The third-order valence-electron chi connectivity index (χ3n) is 5.94. The number of nitrogens with one attached hydrogen (secondary N) is 1. The third kappa shape index (κ3) is 3.34. The van der Waals surface area contributed by atoms with E-state index in [2.05, 4.69) is 20.1 Å². The zero-order valence-electron chi connectivity index (χ0n) is 17.1. The van der Waals surface area contributed by atoms with E-state index in [0.29, 0.717) is 40.2 Å². The predicted octanol–water partition coefficient (Wildman–Crippen LogP) is 5.19. The first-order valence-electron chi connectivity index (χ1n) is 10.0. The maximum Gasteiger partial charge on any atom is 0.132 e. The summed E-state index contributed by atoms with van der Waals surface area (Å²) in [4.78, 5) is 12.0. The van der Waals surface area contributed by atoms with Gasteiger partial charge in [-0.3, -0.25) is 14.6 Å². The maximum atomic E-state index is 14.8. The molecule has 1 aromatic carbocycles. The van der Waals surface area contributed by atoms with Gasteiger partial charge in [-0.2, -0.15) is 5.10 Å². The fraction of sp³-hybridized carbons (Fsp3) is 0.261. The number of hydrogen-bond donors (Lipinski definition) is 2. The molecule has 4 aromatic rings. The minimum Gasteiger partial charge on any atom is -0.390 e. The highest BCUT2D eigenvalue weighted by Crippen LogP contribution is 2.45. The van der Waals surface area contributed by atoms with Crippen molar-refractivity contribution in [1.82, 2.24) is 24.7 Å². The Kier molecular flexibility index (Phi) is 4.68. The summed E-state index contributed by atoms with van der Waals surface area (Å²) in [6, 6.07) is 4.79. The van der Waals surface area contributed by atoms with E-state index in [1.807, 2.05) is 18.5 Å². The lowest BCUT2D eigenvalue weighted by atomic mass is 9.77. The van der Waals surface area contributed by atoms with Crippen LogP contribution >= 0.6 is 11.6 Å². The van der Waals surface area contributed by atoms with Crippen molar-refractivity contribution in [2.75, 3.05) is 0 Å². The maximum absolute atomic E-state index is 14.8. The zero-order chi connectivity index (χ0) is 21.8. The quantitative estimate of drug-likeness (QED) is 0.460. The Hall–Kier alpha value is -3.03. The Balaban J connectivity index is 1.68. The Labute approximate surface area is 183 Å². The van der Waals surface area contributed by atoms with Crippen LogP contribution < -0.4 is 0 Å². The fourth-order valence-corrected chi connectivity index (χ4v) is 4.71. The Morgan fingerprint density at radius 1 is 1.19 bits per heavy atom. The monoisotopic (exact) mass is 437 g/mol. The molecule has 3 aromatic heterocycles. The molecule has 8 heteroatoms. The molecular formula is C23H21ClFN5O. The van der Waals surface area contributed by atoms with Gasteiger partial charge in [-0.05, 0) is 38.8 Å². The highest BCUT2D eigenvalue weighted by atomic mass is 35.5. The molecule has 0 amide bonds. The molecule has 5 rings (SSSR count). The van der Waals surface area contributed by atoms with Gasteiger partial charge in [0.1, 0.15) is 5.82 Å². The van der Waals surface area contributed by atoms with Gasteiger partial charge in [0.2, 0.25) is 0 Å². The molecular weight excluding hydrogens is 417 g/mol. The largest absolute Gasteiger partial charge is 0.390 e. The van der Waals surface area contributed by atoms with Crippen LogP contribution in [0.3, 0.4) is 0 Å². The van der Waals surface area contributed by atoms with E-state index >= 15 is 0 Å². The second-order valence-electron chi connectivity index (χ2n) is 8.29. The van der Waals surface area contributed by atoms with Crippen LogP contribution in [0, 0.1) is 12.7 Å². The summed E-state index contributed by atoms with van der Waals surface area (Å²) in [7, 11) is 0. The predicted molar refractivity (Wildman–Crippen MR) is 117 cm³/mol. The van der Waals surface area contributed by atoms with Gasteiger partial charge in [-0.1, -0.05) is 17.7 Å². The molecule has 1 fully saturated rings. The van der Waals surface area contributed by atoms with Gasteiger partial charge in [0.05, 0.1) is 40.4 Å². The summed E-state index contributed by atoms with van der Waals surface area (Å²) < 4.78 is 16.7. The van der Waals surface area contributed by atoms with Gasteiger partial charge < -0.3 is 10.1 Å². The molecule has 1 aliphatic carbocycles. The molecule has 0 radical (unpaired) electrons. The molecule has 0 aliphatic heterocycles. The average Bonchev–Trinajstić information content (AvgIpc) is 3.30. The number of hydrogen-bond acceptors (Lipinski definition) is 4. The van der Waals surface area contributed by atoms with Crippen molar-refractivity contribution in [1.29, 1.82) is 0 Å². The summed E-state index contributed by atoms with van der Waals surface area (Å²) in [5, 5.41) is 15.0. The Morgan fingerprint density at radius 3 is 2.68 bits per heavy atom. The van der Waals surface area contributed by atoms with Crippen molar-refractivity contribution < 1.29 is 9.50 Å². The molecule has 158 valence electrons. The summed E-state index contributed by atoms with van der Waals surface area (Å²) in [6.07, 6.45) is 9.70. The standard InChI is InChI=1S/C23H21ClFN5O/c1-13-15(11-29-30(13)14-8-23(2,31)9-14)22-21(19-12-26-6-7-27-19)16(10-28-22)20-17(24)4-3-5-18(20)25/h3-7,10-12,14,28,31H,8-9H2,1-2H3. The Bertz CT molecular complexity index is 1240. The van der Waals surface area contributed by atoms with Crippen LogP contribution in [0.15, 0.2) is 49.2 Å². The smallest absolute Gasteiger partial charge is 0.132 e. The first kappa shape index (κ1) is 19.9. The van der Waals surface area contributed by atoms with Crippen LogP contribution in [0.25, 0.3) is 33.6 Å². The molecule has 31 heavy (non-hydrogen) atoms. The number of nitrogens with zero attached hydrogens (tertiary/aromatic N) is 4. The van der Waals surface area contributed by atoms with E-state index in [9.17, 15) is 9.50 Å². The van der Waals surface area contributed by atoms with Gasteiger partial charge in [0.15, 0.2) is 0 Å². The van der Waals surface area contributed by atoms with E-state index in [1.54, 1.807) is 43.1 Å². The molecule has 2 N–H and O–H groups in total. The molecule has 0 unspecified atom stereocenters. The number of aromatic nitrogens is 5. The average molecular weight is 438 g/mol. The second kappa shape index (κ2) is 7.28. The molecule has 0 bridgehead atoms. The molecule has 1 aliphatic rings. The third-order valence-corrected chi connectivity index (χ3v) is 6.26. The van der Waals surface area contributed by atoms with Gasteiger partial charge in [0, 0.05) is 46.5 Å². The van der Waals surface area contributed by atoms with Crippen molar-refractivity contribution in [3.63, 3.8) is 0 Å². The molecule has 0 spiro atoms. The first-order chi connectivity index (χ1) is 14.9. The molecule has 3 heterocycles. The van der Waals surface area contributed by atoms with Crippen molar-refractivity contribution in [3.05, 3.63) is 65.7 Å². The fourth-order valence-electron chi connectivity index (χ4n) is 4.45. The van der Waals surface area contributed by atoms with Crippen LogP contribution in [0.1, 0.15) is 31.5 Å². The van der Waals surface area contributed by atoms with Crippen molar-refractivity contribution in [3.8, 4) is 33.6 Å². The van der Waals surface area contributed by atoms with E-state index in [4.69, 9.17) is 11.6 Å². The van der Waals surface area contributed by atoms with Crippen molar-refractivity contribution in [2.45, 2.75) is 38.3 Å². The minimum absolute atomic E-state index is 0.152. The second-order valence-corrected chi connectivity index (χ2v) is 8.69. The van der Waals surface area contributed by atoms with Gasteiger partial charge in [0.25, 0.3) is 0 Å². The van der Waals surface area contributed by atoms with E-state index in [0.717, 1.165) is 17.0 Å². The molecule has 1 saturated carbocycles. The minimum atomic E-state index is -0.644. The zero-order valence-corrected chi connectivity index (χ0v) is 17.9. The normalized spacial score (nSPS) is 20.6. The molecule has 6 nitrogen and oxygen atoms in total. The van der Waals surface area contributed by atoms with Gasteiger partial charge in [-0.15, -0.1) is 0 Å². The summed E-state index contributed by atoms with van der Waals surface area (Å²) >= 11 is 6.38. The number of aliphatic hydroxyl groups is 1. The van der Waals surface area contributed by atoms with Crippen LogP contribution in [-0.4, -0.2) is 35.4 Å². The van der Waals surface area contributed by atoms with Gasteiger partial charge in [-0.25, -0.2) is 4.39 Å². The number of benzene rings is 1. The molecule has 0 saturated heterocycles. The van der Waals surface area contributed by atoms with Crippen LogP contribution in [0.2, 0.25) is 5.02 Å². The summed E-state index contributed by atoms with van der Waals surface area (Å²) in [5.74, 6) is -0.410. The van der Waals surface area contributed by atoms with Crippen LogP contribution in [0.4, 0.5) is 4.39 Å². The van der Waals surface area contributed by atoms with Crippen molar-refractivity contribution in [2.24, 2.45) is 0 Å². The number of aromatic amines is 1. The van der Waals surface area contributed by atoms with Crippen LogP contribution in [-0.2, 0) is 0 Å². The molecule has 0 atom stereocenters. The summed E-state index contributed by atoms with van der Waals surface area (Å²) in [6.45, 7) is 3.83. The number of H-pyrrole nitrogens is 1. The lowest BCUT2D eigenvalue weighted by Crippen LogP contribution is -2.42. The lowest BCUT2D eigenvalue weighted by molar-refractivity contribution is -0.0548. The highest BCUT2D eigenvalue weighted by molar-refractivity contribution is 6.33. The Morgan fingerprint density at radius 2 is 2.00 bits per heavy atom. The van der Waals surface area contributed by atoms with Crippen molar-refractivity contribution >= 4 is 11.6 Å². The van der Waals surface area contributed by atoms with E-state index < -0.39 is 11.4 Å². The lowest BCUT2D eigenvalue weighted by Gasteiger charge is -2.41. The number of halogens is 2. The summed E-state index contributed by atoms with van der Waals surface area (Å²) in [5.41, 5.74) is 4.20. The SMILES string of the molecule is Cc1c(-c2[nH]cc(-c3c(F)cccc3Cl)c2-c2cnccn2)cnn1C1CC(C)(O)C1. The first-order valence-corrected chi connectivity index (χ1v) is 10.4. The van der Waals surface area contributed by atoms with Gasteiger partial charge >= 0.3 is 0 Å².